The molecule has 2 aromatic rings. The van der Waals surface area contributed by atoms with Gasteiger partial charge in [0.25, 0.3) is 0 Å². The summed E-state index contributed by atoms with van der Waals surface area (Å²) < 4.78 is 18.2. The van der Waals surface area contributed by atoms with E-state index in [1.54, 1.807) is 6.07 Å². The molecule has 0 bridgehead atoms. The number of likely N-dealkylation sites (N-methyl/N-ethyl adjacent to an activating group) is 1. The number of rotatable bonds is 5. The highest BCUT2D eigenvalue weighted by Crippen LogP contribution is 2.22. The van der Waals surface area contributed by atoms with Crippen molar-refractivity contribution < 1.29 is 8.91 Å². The summed E-state index contributed by atoms with van der Waals surface area (Å²) in [7, 11) is 0. The van der Waals surface area contributed by atoms with Gasteiger partial charge in [0.15, 0.2) is 0 Å². The molecule has 0 spiro atoms. The lowest BCUT2D eigenvalue weighted by atomic mass is 10.2. The Hall–Kier alpha value is -1.46. The van der Waals surface area contributed by atoms with Gasteiger partial charge in [-0.2, -0.15) is 4.98 Å². The fraction of sp³-hybridized carbons (Fsp3) is 0.385. The number of aromatic nitrogens is 2. The average molecular weight is 284 g/mol. The summed E-state index contributed by atoms with van der Waals surface area (Å²) in [6.45, 7) is 4.97. The van der Waals surface area contributed by atoms with E-state index in [9.17, 15) is 4.39 Å². The molecule has 0 aliphatic heterocycles. The molecule has 1 aromatic carbocycles. The van der Waals surface area contributed by atoms with Crippen LogP contribution in [0.1, 0.15) is 19.7 Å². The maximum absolute atomic E-state index is 13.1. The first-order chi connectivity index (χ1) is 9.10. The van der Waals surface area contributed by atoms with Gasteiger partial charge in [-0.3, -0.25) is 0 Å². The predicted octanol–water partition coefficient (Wildman–Crippen LogP) is 3.07. The first kappa shape index (κ1) is 14.0. The standard InChI is InChI=1S/C13H15ClFN3O/c1-3-16-8(2)6-12-17-13(18-19-12)9-4-5-11(15)10(14)7-9/h4-5,7-8,16H,3,6H2,1-2H3. The third kappa shape index (κ3) is 3.52. The summed E-state index contributed by atoms with van der Waals surface area (Å²) >= 11 is 5.72. The maximum atomic E-state index is 13.1. The van der Waals surface area contributed by atoms with Gasteiger partial charge in [-0.1, -0.05) is 23.7 Å². The molecule has 4 nitrogen and oxygen atoms in total. The molecule has 1 N–H and O–H groups in total. The molecule has 0 amide bonds. The molecule has 1 unspecified atom stereocenters. The quantitative estimate of drug-likeness (QED) is 0.916. The normalized spacial score (nSPS) is 12.6. The Kier molecular flexibility index (Phi) is 4.50. The van der Waals surface area contributed by atoms with Crippen molar-refractivity contribution in [2.24, 2.45) is 0 Å². The zero-order chi connectivity index (χ0) is 13.8. The molecule has 1 atom stereocenters. The zero-order valence-electron chi connectivity index (χ0n) is 10.8. The second kappa shape index (κ2) is 6.12. The molecule has 0 aliphatic carbocycles. The smallest absolute Gasteiger partial charge is 0.228 e. The van der Waals surface area contributed by atoms with Crippen LogP contribution in [0, 0.1) is 5.82 Å². The van der Waals surface area contributed by atoms with Gasteiger partial charge >= 0.3 is 0 Å². The minimum Gasteiger partial charge on any atom is -0.339 e. The van der Waals surface area contributed by atoms with Crippen LogP contribution in [0.2, 0.25) is 5.02 Å². The van der Waals surface area contributed by atoms with Crippen LogP contribution in [0.4, 0.5) is 4.39 Å². The summed E-state index contributed by atoms with van der Waals surface area (Å²) in [5.74, 6) is 0.499. The van der Waals surface area contributed by atoms with Crippen LogP contribution >= 0.6 is 11.6 Å². The molecule has 0 aliphatic rings. The Morgan fingerprint density at radius 2 is 2.26 bits per heavy atom. The maximum Gasteiger partial charge on any atom is 0.228 e. The molecule has 19 heavy (non-hydrogen) atoms. The molecule has 2 rings (SSSR count). The lowest BCUT2D eigenvalue weighted by molar-refractivity contribution is 0.363. The average Bonchev–Trinajstić information content (AvgIpc) is 2.81. The Labute approximate surface area is 116 Å². The van der Waals surface area contributed by atoms with Crippen molar-refractivity contribution in [1.82, 2.24) is 15.5 Å². The van der Waals surface area contributed by atoms with Crippen molar-refractivity contribution >= 4 is 11.6 Å². The van der Waals surface area contributed by atoms with E-state index in [2.05, 4.69) is 15.5 Å². The summed E-state index contributed by atoms with van der Waals surface area (Å²) in [6.07, 6.45) is 0.649. The number of nitrogens with zero attached hydrogens (tertiary/aromatic N) is 2. The highest BCUT2D eigenvalue weighted by atomic mass is 35.5. The van der Waals surface area contributed by atoms with Crippen molar-refractivity contribution in [1.29, 1.82) is 0 Å². The molecular formula is C13H15ClFN3O. The van der Waals surface area contributed by atoms with E-state index in [1.165, 1.54) is 12.1 Å². The van der Waals surface area contributed by atoms with Crippen molar-refractivity contribution in [3.63, 3.8) is 0 Å². The van der Waals surface area contributed by atoms with Crippen LogP contribution in [-0.2, 0) is 6.42 Å². The summed E-state index contributed by atoms with van der Waals surface area (Å²) in [6, 6.07) is 4.60. The minimum atomic E-state index is -0.463. The molecule has 0 saturated carbocycles. The van der Waals surface area contributed by atoms with Crippen LogP contribution in [0.15, 0.2) is 22.7 Å². The number of hydrogen-bond acceptors (Lipinski definition) is 4. The lowest BCUT2D eigenvalue weighted by Gasteiger charge is -2.07. The molecule has 102 valence electrons. The largest absolute Gasteiger partial charge is 0.339 e. The molecular weight excluding hydrogens is 269 g/mol. The Bertz CT molecular complexity index is 559. The van der Waals surface area contributed by atoms with Gasteiger partial charge < -0.3 is 9.84 Å². The first-order valence-electron chi connectivity index (χ1n) is 6.11. The molecule has 0 saturated heterocycles. The van der Waals surface area contributed by atoms with Gasteiger partial charge in [-0.15, -0.1) is 0 Å². The second-order valence-electron chi connectivity index (χ2n) is 4.30. The van der Waals surface area contributed by atoms with E-state index >= 15 is 0 Å². The molecule has 1 aromatic heterocycles. The third-order valence-electron chi connectivity index (χ3n) is 2.68. The van der Waals surface area contributed by atoms with Gasteiger partial charge in [-0.05, 0) is 31.7 Å². The van der Waals surface area contributed by atoms with Gasteiger partial charge in [0, 0.05) is 18.0 Å². The lowest BCUT2D eigenvalue weighted by Crippen LogP contribution is -2.27. The van der Waals surface area contributed by atoms with Gasteiger partial charge in [0.2, 0.25) is 11.7 Å². The fourth-order valence-corrected chi connectivity index (χ4v) is 1.95. The van der Waals surface area contributed by atoms with E-state index in [0.717, 1.165) is 6.54 Å². The van der Waals surface area contributed by atoms with E-state index in [0.29, 0.717) is 23.7 Å². The van der Waals surface area contributed by atoms with Crippen molar-refractivity contribution in [2.45, 2.75) is 26.3 Å². The number of hydrogen-bond donors (Lipinski definition) is 1. The number of nitrogens with one attached hydrogen (secondary N) is 1. The Morgan fingerprint density at radius 3 is 2.95 bits per heavy atom. The van der Waals surface area contributed by atoms with Crippen LogP contribution in [0.5, 0.6) is 0 Å². The highest BCUT2D eigenvalue weighted by Gasteiger charge is 2.12. The minimum absolute atomic E-state index is 0.0462. The number of halogens is 2. The van der Waals surface area contributed by atoms with E-state index in [-0.39, 0.29) is 11.1 Å². The molecule has 0 radical (unpaired) electrons. The fourth-order valence-electron chi connectivity index (χ4n) is 1.77. The second-order valence-corrected chi connectivity index (χ2v) is 4.71. The molecule has 1 heterocycles. The van der Waals surface area contributed by atoms with Crippen LogP contribution in [-0.4, -0.2) is 22.7 Å². The van der Waals surface area contributed by atoms with Gasteiger partial charge in [0.1, 0.15) is 5.82 Å². The topological polar surface area (TPSA) is 51.0 Å². The monoisotopic (exact) mass is 283 g/mol. The van der Waals surface area contributed by atoms with Gasteiger partial charge in [0.05, 0.1) is 5.02 Å². The SMILES string of the molecule is CCNC(C)Cc1nc(-c2ccc(F)c(Cl)c2)no1. The van der Waals surface area contributed by atoms with Crippen molar-refractivity contribution in [3.8, 4) is 11.4 Å². The zero-order valence-corrected chi connectivity index (χ0v) is 11.5. The highest BCUT2D eigenvalue weighted by molar-refractivity contribution is 6.31. The Balaban J connectivity index is 2.14. The van der Waals surface area contributed by atoms with E-state index in [1.807, 2.05) is 13.8 Å². The summed E-state index contributed by atoms with van der Waals surface area (Å²) in [4.78, 5) is 4.27. The van der Waals surface area contributed by atoms with Gasteiger partial charge in [-0.25, -0.2) is 4.39 Å². The summed E-state index contributed by atoms with van der Waals surface area (Å²) in [5.41, 5.74) is 0.637. The van der Waals surface area contributed by atoms with Crippen molar-refractivity contribution in [2.75, 3.05) is 6.54 Å². The first-order valence-corrected chi connectivity index (χ1v) is 6.49. The summed E-state index contributed by atoms with van der Waals surface area (Å²) in [5, 5.41) is 7.18. The Morgan fingerprint density at radius 1 is 1.47 bits per heavy atom. The van der Waals surface area contributed by atoms with Crippen LogP contribution < -0.4 is 5.32 Å². The molecule has 6 heteroatoms. The van der Waals surface area contributed by atoms with Crippen LogP contribution in [0.3, 0.4) is 0 Å². The van der Waals surface area contributed by atoms with E-state index < -0.39 is 5.82 Å². The third-order valence-corrected chi connectivity index (χ3v) is 2.97. The van der Waals surface area contributed by atoms with Crippen LogP contribution in [0.25, 0.3) is 11.4 Å². The molecule has 0 fully saturated rings. The number of benzene rings is 1. The van der Waals surface area contributed by atoms with E-state index in [4.69, 9.17) is 16.1 Å². The van der Waals surface area contributed by atoms with Crippen molar-refractivity contribution in [3.05, 3.63) is 34.9 Å². The predicted molar refractivity (Wildman–Crippen MR) is 71.5 cm³/mol.